The zero-order chi connectivity index (χ0) is 19.0. The molecular weight excluding hydrogens is 352 g/mol. The molecule has 0 heterocycles. The van der Waals surface area contributed by atoms with Crippen molar-refractivity contribution in [1.29, 1.82) is 0 Å². The molecule has 0 unspecified atom stereocenters. The van der Waals surface area contributed by atoms with E-state index in [0.717, 1.165) is 11.1 Å². The van der Waals surface area contributed by atoms with Gasteiger partial charge in [-0.3, -0.25) is 4.55 Å². The molecule has 2 aromatic rings. The number of hydrogen-bond donors (Lipinski definition) is 1. The van der Waals surface area contributed by atoms with E-state index in [1.807, 2.05) is 60.7 Å². The van der Waals surface area contributed by atoms with Crippen LogP contribution in [-0.2, 0) is 32.8 Å². The van der Waals surface area contributed by atoms with Gasteiger partial charge in [0.2, 0.25) is 0 Å². The second-order valence-electron chi connectivity index (χ2n) is 6.13. The van der Waals surface area contributed by atoms with Crippen LogP contribution < -0.4 is 0 Å². The van der Waals surface area contributed by atoms with Crippen molar-refractivity contribution in [1.82, 2.24) is 0 Å². The fourth-order valence-corrected chi connectivity index (χ4v) is 3.27. The number of hydrogen-bond acceptors (Lipinski definition) is 4. The Morgan fingerprint density at radius 1 is 0.885 bits per heavy atom. The second-order valence-corrected chi connectivity index (χ2v) is 7.57. The van der Waals surface area contributed by atoms with Gasteiger partial charge in [-0.05, 0) is 25.0 Å². The lowest BCUT2D eigenvalue weighted by atomic mass is 10.2. The summed E-state index contributed by atoms with van der Waals surface area (Å²) in [5.41, 5.74) is 2.40. The standard InChI is InChI=1S/C20H24O5S/c1-16(2)19(26(21,22)23)13-20(24-14-17-9-5-3-6-10-17)25-15-18-11-7-4-8-12-18/h3-12,20H,13-15H2,1-2H3,(H,21,22,23). The van der Waals surface area contributed by atoms with Crippen molar-refractivity contribution >= 4 is 10.1 Å². The van der Waals surface area contributed by atoms with Crippen LogP contribution in [0.1, 0.15) is 31.4 Å². The largest absolute Gasteiger partial charge is 0.348 e. The Balaban J connectivity index is 2.10. The predicted molar refractivity (Wildman–Crippen MR) is 101 cm³/mol. The molecule has 0 aliphatic carbocycles. The van der Waals surface area contributed by atoms with E-state index in [2.05, 4.69) is 0 Å². The summed E-state index contributed by atoms with van der Waals surface area (Å²) in [6.07, 6.45) is -0.858. The summed E-state index contributed by atoms with van der Waals surface area (Å²) in [5.74, 6) is 0. The van der Waals surface area contributed by atoms with E-state index in [0.29, 0.717) is 5.57 Å². The average molecular weight is 376 g/mol. The molecule has 0 radical (unpaired) electrons. The molecular formula is C20H24O5S. The van der Waals surface area contributed by atoms with Gasteiger partial charge in [0.1, 0.15) is 0 Å². The third-order valence-electron chi connectivity index (χ3n) is 3.78. The van der Waals surface area contributed by atoms with Gasteiger partial charge in [-0.1, -0.05) is 66.2 Å². The van der Waals surface area contributed by atoms with E-state index in [1.165, 1.54) is 0 Å². The highest BCUT2D eigenvalue weighted by Gasteiger charge is 2.22. The molecule has 0 aliphatic rings. The Hall–Kier alpha value is -1.99. The summed E-state index contributed by atoms with van der Waals surface area (Å²) >= 11 is 0. The van der Waals surface area contributed by atoms with Gasteiger partial charge in [0, 0.05) is 6.42 Å². The molecule has 2 rings (SSSR count). The smallest absolute Gasteiger partial charge is 0.290 e. The van der Waals surface area contributed by atoms with Gasteiger partial charge >= 0.3 is 0 Å². The summed E-state index contributed by atoms with van der Waals surface area (Å²) in [4.78, 5) is -0.0800. The zero-order valence-electron chi connectivity index (χ0n) is 15.0. The van der Waals surface area contributed by atoms with Gasteiger partial charge in [-0.15, -0.1) is 0 Å². The van der Waals surface area contributed by atoms with Crippen LogP contribution in [0, 0.1) is 0 Å². The molecule has 2 aromatic carbocycles. The molecule has 0 aliphatic heterocycles. The molecule has 0 fully saturated rings. The minimum absolute atomic E-state index is 0.0547. The molecule has 5 nitrogen and oxygen atoms in total. The predicted octanol–water partition coefficient (Wildman–Crippen LogP) is 4.32. The average Bonchev–Trinajstić information content (AvgIpc) is 2.61. The molecule has 26 heavy (non-hydrogen) atoms. The zero-order valence-corrected chi connectivity index (χ0v) is 15.8. The fraction of sp³-hybridized carbons (Fsp3) is 0.300. The van der Waals surface area contributed by atoms with Gasteiger partial charge in [0.15, 0.2) is 6.29 Å². The number of benzene rings is 2. The Bertz CT molecular complexity index is 766. The van der Waals surface area contributed by atoms with E-state index in [1.54, 1.807) is 13.8 Å². The monoisotopic (exact) mass is 376 g/mol. The van der Waals surface area contributed by atoms with Crippen LogP contribution >= 0.6 is 0 Å². The highest BCUT2D eigenvalue weighted by Crippen LogP contribution is 2.21. The van der Waals surface area contributed by atoms with Crippen molar-refractivity contribution in [2.24, 2.45) is 0 Å². The summed E-state index contributed by atoms with van der Waals surface area (Å²) < 4.78 is 44.3. The Labute approximate surface area is 155 Å². The highest BCUT2D eigenvalue weighted by atomic mass is 32.2. The third kappa shape index (κ3) is 6.72. The quantitative estimate of drug-likeness (QED) is 0.521. The lowest BCUT2D eigenvalue weighted by molar-refractivity contribution is -0.154. The molecule has 140 valence electrons. The summed E-state index contributed by atoms with van der Waals surface area (Å²) in [6.45, 7) is 3.83. The van der Waals surface area contributed by atoms with Crippen molar-refractivity contribution in [2.75, 3.05) is 0 Å². The van der Waals surface area contributed by atoms with E-state index in [9.17, 15) is 13.0 Å². The molecule has 1 N–H and O–H groups in total. The van der Waals surface area contributed by atoms with E-state index in [-0.39, 0.29) is 24.5 Å². The van der Waals surface area contributed by atoms with Gasteiger partial charge in [-0.25, -0.2) is 0 Å². The van der Waals surface area contributed by atoms with Crippen molar-refractivity contribution in [3.63, 3.8) is 0 Å². The van der Waals surface area contributed by atoms with Crippen molar-refractivity contribution < 1.29 is 22.4 Å². The molecule has 0 aromatic heterocycles. The van der Waals surface area contributed by atoms with Crippen molar-refractivity contribution in [2.45, 2.75) is 39.8 Å². The van der Waals surface area contributed by atoms with E-state index < -0.39 is 16.4 Å². The SMILES string of the molecule is CC(C)=C(CC(OCc1ccccc1)OCc1ccccc1)S(=O)(=O)O. The molecule has 0 atom stereocenters. The highest BCUT2D eigenvalue weighted by molar-refractivity contribution is 7.89. The fourth-order valence-electron chi connectivity index (χ4n) is 2.41. The molecule has 0 amide bonds. The minimum atomic E-state index is -4.31. The third-order valence-corrected chi connectivity index (χ3v) is 4.98. The summed E-state index contributed by atoms with van der Waals surface area (Å²) in [5, 5.41) is 0. The van der Waals surface area contributed by atoms with Crippen LogP contribution in [-0.4, -0.2) is 19.3 Å². The lowest BCUT2D eigenvalue weighted by Crippen LogP contribution is -2.21. The Morgan fingerprint density at radius 3 is 1.65 bits per heavy atom. The molecule has 0 bridgehead atoms. The van der Waals surface area contributed by atoms with Crippen LogP contribution in [0.3, 0.4) is 0 Å². The second kappa shape index (κ2) is 9.64. The maximum Gasteiger partial charge on any atom is 0.290 e. The number of rotatable bonds is 9. The summed E-state index contributed by atoms with van der Waals surface area (Å²) in [7, 11) is -4.31. The van der Waals surface area contributed by atoms with Crippen LogP contribution in [0.5, 0.6) is 0 Å². The van der Waals surface area contributed by atoms with Crippen LogP contribution in [0.2, 0.25) is 0 Å². The van der Waals surface area contributed by atoms with E-state index in [4.69, 9.17) is 9.47 Å². The molecule has 0 saturated carbocycles. The van der Waals surface area contributed by atoms with Crippen molar-refractivity contribution in [3.05, 3.63) is 82.3 Å². The first-order valence-corrected chi connectivity index (χ1v) is 9.75. The Kier molecular flexibility index (Phi) is 7.53. The summed E-state index contributed by atoms with van der Waals surface area (Å²) in [6, 6.07) is 19.1. The van der Waals surface area contributed by atoms with Gasteiger partial charge in [0.05, 0.1) is 18.1 Å². The molecule has 0 spiro atoms. The van der Waals surface area contributed by atoms with E-state index >= 15 is 0 Å². The van der Waals surface area contributed by atoms with Gasteiger partial charge in [-0.2, -0.15) is 8.42 Å². The van der Waals surface area contributed by atoms with Crippen LogP contribution in [0.15, 0.2) is 71.1 Å². The first kappa shape index (κ1) is 20.3. The molecule has 0 saturated heterocycles. The van der Waals surface area contributed by atoms with Crippen LogP contribution in [0.4, 0.5) is 0 Å². The van der Waals surface area contributed by atoms with Gasteiger partial charge < -0.3 is 9.47 Å². The first-order valence-electron chi connectivity index (χ1n) is 8.31. The van der Waals surface area contributed by atoms with Crippen LogP contribution in [0.25, 0.3) is 0 Å². The maximum atomic E-state index is 11.6. The number of ether oxygens (including phenoxy) is 2. The topological polar surface area (TPSA) is 72.8 Å². The normalized spacial score (nSPS) is 11.5. The minimum Gasteiger partial charge on any atom is -0.348 e. The maximum absolute atomic E-state index is 11.6. The van der Waals surface area contributed by atoms with Crippen molar-refractivity contribution in [3.8, 4) is 0 Å². The van der Waals surface area contributed by atoms with Gasteiger partial charge in [0.25, 0.3) is 10.1 Å². The lowest BCUT2D eigenvalue weighted by Gasteiger charge is -2.20. The molecule has 6 heteroatoms. The number of allylic oxidation sites excluding steroid dienone is 1. The first-order chi connectivity index (χ1) is 12.4. The Morgan fingerprint density at radius 2 is 1.31 bits per heavy atom.